The number of Topliss-reactive ketones (excluding diaryl/α,β-unsaturated/α-hetero) is 1. The van der Waals surface area contributed by atoms with Gasteiger partial charge in [-0.1, -0.05) is 0 Å². The zero-order valence-electron chi connectivity index (χ0n) is 10.7. The van der Waals surface area contributed by atoms with Crippen LogP contribution in [0.25, 0.3) is 0 Å². The molecule has 98 valence electrons. The number of hydrogen-bond donors (Lipinski definition) is 0. The minimum atomic E-state index is -0.613. The van der Waals surface area contributed by atoms with E-state index in [2.05, 4.69) is 4.99 Å². The lowest BCUT2D eigenvalue weighted by atomic mass is 10.1. The van der Waals surface area contributed by atoms with Gasteiger partial charge in [0.05, 0.1) is 7.11 Å². The minimum Gasteiger partial charge on any atom is -0.478 e. The normalized spacial score (nSPS) is 18.1. The lowest BCUT2D eigenvalue weighted by Gasteiger charge is -2.24. The molecule has 5 heteroatoms. The van der Waals surface area contributed by atoms with Gasteiger partial charge in [-0.3, -0.25) is 4.79 Å². The number of ether oxygens (including phenoxy) is 2. The van der Waals surface area contributed by atoms with E-state index >= 15 is 0 Å². The van der Waals surface area contributed by atoms with E-state index in [-0.39, 0.29) is 5.78 Å². The molecule has 0 N–H and O–H groups in total. The smallest absolute Gasteiger partial charge is 0.356 e. The lowest BCUT2D eigenvalue weighted by molar-refractivity contribution is -0.133. The van der Waals surface area contributed by atoms with E-state index < -0.39 is 11.6 Å². The first kappa shape index (κ1) is 11.9. The van der Waals surface area contributed by atoms with Crippen molar-refractivity contribution < 1.29 is 19.1 Å². The predicted molar refractivity (Wildman–Crippen MR) is 68.2 cm³/mol. The second-order valence-electron chi connectivity index (χ2n) is 4.79. The van der Waals surface area contributed by atoms with Gasteiger partial charge in [-0.05, 0) is 38.0 Å². The molecular formula is C14H13NO4. The van der Waals surface area contributed by atoms with Crippen LogP contribution >= 0.6 is 0 Å². The lowest BCUT2D eigenvalue weighted by Crippen LogP contribution is -2.38. The SMILES string of the molecule is COC(=O)C1=Nc2cc(C(C)=O)ccc2OC12CC2. The van der Waals surface area contributed by atoms with Gasteiger partial charge in [0.25, 0.3) is 0 Å². The van der Waals surface area contributed by atoms with Crippen molar-refractivity contribution in [2.24, 2.45) is 4.99 Å². The summed E-state index contributed by atoms with van der Waals surface area (Å²) in [6.45, 7) is 1.48. The summed E-state index contributed by atoms with van der Waals surface area (Å²) in [6.07, 6.45) is 1.52. The van der Waals surface area contributed by atoms with Gasteiger partial charge in [0.15, 0.2) is 17.1 Å². The molecule has 0 aromatic heterocycles. The van der Waals surface area contributed by atoms with Crippen LogP contribution in [0.4, 0.5) is 5.69 Å². The molecule has 19 heavy (non-hydrogen) atoms. The molecule has 1 saturated carbocycles. The average molecular weight is 259 g/mol. The molecular weight excluding hydrogens is 246 g/mol. The first-order valence-corrected chi connectivity index (χ1v) is 6.07. The van der Waals surface area contributed by atoms with Crippen molar-refractivity contribution in [1.29, 1.82) is 0 Å². The molecule has 1 fully saturated rings. The Morgan fingerprint density at radius 1 is 1.37 bits per heavy atom. The maximum atomic E-state index is 11.8. The van der Waals surface area contributed by atoms with Gasteiger partial charge in [0, 0.05) is 5.56 Å². The predicted octanol–water partition coefficient (Wildman–Crippen LogP) is 2.06. The third-order valence-corrected chi connectivity index (χ3v) is 3.42. The quantitative estimate of drug-likeness (QED) is 0.602. The standard InChI is InChI=1S/C14H13NO4/c1-8(16)9-3-4-11-10(7-9)15-12(13(17)18-2)14(19-11)5-6-14/h3-4,7H,5-6H2,1-2H3. The molecule has 5 nitrogen and oxygen atoms in total. The van der Waals surface area contributed by atoms with E-state index in [0.29, 0.717) is 22.7 Å². The Morgan fingerprint density at radius 2 is 2.11 bits per heavy atom. The summed E-state index contributed by atoms with van der Waals surface area (Å²) in [5.74, 6) is 0.0795. The molecule has 1 heterocycles. The number of carbonyl (C=O) groups is 2. The van der Waals surface area contributed by atoms with E-state index in [4.69, 9.17) is 9.47 Å². The summed E-state index contributed by atoms with van der Waals surface area (Å²) in [7, 11) is 1.32. The molecule has 3 rings (SSSR count). The second kappa shape index (κ2) is 3.91. The van der Waals surface area contributed by atoms with Gasteiger partial charge in [-0.2, -0.15) is 0 Å². The number of carbonyl (C=O) groups excluding carboxylic acids is 2. The van der Waals surface area contributed by atoms with E-state index in [0.717, 1.165) is 12.8 Å². The summed E-state index contributed by atoms with van der Waals surface area (Å²) in [4.78, 5) is 27.5. The summed E-state index contributed by atoms with van der Waals surface area (Å²) in [5.41, 5.74) is 0.730. The zero-order valence-corrected chi connectivity index (χ0v) is 10.7. The Kier molecular flexibility index (Phi) is 2.45. The molecule has 1 spiro atoms. The van der Waals surface area contributed by atoms with Crippen LogP contribution < -0.4 is 4.74 Å². The number of aliphatic imine (C=N–C) groups is 1. The first-order chi connectivity index (χ1) is 9.05. The second-order valence-corrected chi connectivity index (χ2v) is 4.79. The number of methoxy groups -OCH3 is 1. The van der Waals surface area contributed by atoms with E-state index in [9.17, 15) is 9.59 Å². The minimum absolute atomic E-state index is 0.0515. The Bertz CT molecular complexity index is 614. The molecule has 0 bridgehead atoms. The third-order valence-electron chi connectivity index (χ3n) is 3.42. The maximum Gasteiger partial charge on any atom is 0.356 e. The van der Waals surface area contributed by atoms with Crippen molar-refractivity contribution in [3.05, 3.63) is 23.8 Å². The van der Waals surface area contributed by atoms with Crippen LogP contribution in [0.15, 0.2) is 23.2 Å². The fraction of sp³-hybridized carbons (Fsp3) is 0.357. The number of fused-ring (bicyclic) bond motifs is 1. The molecule has 0 saturated heterocycles. The molecule has 0 amide bonds. The summed E-state index contributed by atoms with van der Waals surface area (Å²) >= 11 is 0. The third kappa shape index (κ3) is 1.82. The van der Waals surface area contributed by atoms with Crippen LogP contribution in [0.2, 0.25) is 0 Å². The van der Waals surface area contributed by atoms with Gasteiger partial charge in [-0.15, -0.1) is 0 Å². The highest BCUT2D eigenvalue weighted by molar-refractivity contribution is 6.41. The summed E-state index contributed by atoms with van der Waals surface area (Å²) in [6, 6.07) is 5.06. The summed E-state index contributed by atoms with van der Waals surface area (Å²) in [5, 5.41) is 0. The van der Waals surface area contributed by atoms with Gasteiger partial charge < -0.3 is 9.47 Å². The van der Waals surface area contributed by atoms with Crippen molar-refractivity contribution in [1.82, 2.24) is 0 Å². The molecule has 0 radical (unpaired) electrons. The zero-order chi connectivity index (χ0) is 13.6. The van der Waals surface area contributed by atoms with Crippen molar-refractivity contribution in [3.8, 4) is 5.75 Å². The fourth-order valence-electron chi connectivity index (χ4n) is 2.17. The van der Waals surface area contributed by atoms with Gasteiger partial charge in [0.1, 0.15) is 11.4 Å². The van der Waals surface area contributed by atoms with Gasteiger partial charge in [-0.25, -0.2) is 9.79 Å². The molecule has 0 unspecified atom stereocenters. The van der Waals surface area contributed by atoms with E-state index in [1.54, 1.807) is 18.2 Å². The molecule has 1 aliphatic carbocycles. The van der Waals surface area contributed by atoms with Crippen molar-refractivity contribution in [2.75, 3.05) is 7.11 Å². The Balaban J connectivity index is 2.09. The van der Waals surface area contributed by atoms with E-state index in [1.807, 2.05) is 0 Å². The molecule has 1 aliphatic heterocycles. The number of nitrogens with zero attached hydrogens (tertiary/aromatic N) is 1. The van der Waals surface area contributed by atoms with Crippen molar-refractivity contribution >= 4 is 23.2 Å². The van der Waals surface area contributed by atoms with Crippen LogP contribution in [0.5, 0.6) is 5.75 Å². The number of ketones is 1. The number of hydrogen-bond acceptors (Lipinski definition) is 5. The highest BCUT2D eigenvalue weighted by Gasteiger charge is 2.55. The van der Waals surface area contributed by atoms with Gasteiger partial charge in [0.2, 0.25) is 0 Å². The van der Waals surface area contributed by atoms with Crippen LogP contribution in [-0.4, -0.2) is 30.2 Å². The number of rotatable bonds is 2. The Labute approximate surface area is 110 Å². The van der Waals surface area contributed by atoms with Crippen LogP contribution in [-0.2, 0) is 9.53 Å². The Hall–Kier alpha value is -2.17. The van der Waals surface area contributed by atoms with Crippen molar-refractivity contribution in [2.45, 2.75) is 25.4 Å². The highest BCUT2D eigenvalue weighted by Crippen LogP contribution is 2.48. The van der Waals surface area contributed by atoms with Crippen LogP contribution in [0.1, 0.15) is 30.1 Å². The Morgan fingerprint density at radius 3 is 2.68 bits per heavy atom. The van der Waals surface area contributed by atoms with E-state index in [1.165, 1.54) is 14.0 Å². The first-order valence-electron chi connectivity index (χ1n) is 6.07. The topological polar surface area (TPSA) is 65.0 Å². The largest absolute Gasteiger partial charge is 0.478 e. The molecule has 2 aliphatic rings. The number of esters is 1. The van der Waals surface area contributed by atoms with Crippen LogP contribution in [0, 0.1) is 0 Å². The highest BCUT2D eigenvalue weighted by atomic mass is 16.5. The van der Waals surface area contributed by atoms with Crippen molar-refractivity contribution in [3.63, 3.8) is 0 Å². The maximum absolute atomic E-state index is 11.8. The summed E-state index contributed by atoms with van der Waals surface area (Å²) < 4.78 is 10.6. The monoisotopic (exact) mass is 259 g/mol. The molecule has 1 aromatic carbocycles. The molecule has 0 atom stereocenters. The molecule has 1 aromatic rings. The average Bonchev–Trinajstić information content (AvgIpc) is 3.16. The fourth-order valence-corrected chi connectivity index (χ4v) is 2.17. The number of benzene rings is 1. The van der Waals surface area contributed by atoms with Crippen LogP contribution in [0.3, 0.4) is 0 Å². The van der Waals surface area contributed by atoms with Gasteiger partial charge >= 0.3 is 5.97 Å².